The number of rotatable bonds is 17. The highest BCUT2D eigenvalue weighted by molar-refractivity contribution is 7.19. The van der Waals surface area contributed by atoms with Crippen LogP contribution in [0.25, 0.3) is 10.1 Å². The molecule has 0 saturated heterocycles. The van der Waals surface area contributed by atoms with Crippen LogP contribution >= 0.6 is 11.3 Å². The van der Waals surface area contributed by atoms with Crippen molar-refractivity contribution in [2.24, 2.45) is 11.8 Å². The van der Waals surface area contributed by atoms with Gasteiger partial charge in [0.2, 0.25) is 0 Å². The van der Waals surface area contributed by atoms with Crippen molar-refractivity contribution < 1.29 is 23.2 Å². The fourth-order valence-electron chi connectivity index (χ4n) is 6.62. The van der Waals surface area contributed by atoms with E-state index < -0.39 is 30.9 Å². The molecule has 1 aromatic carbocycles. The van der Waals surface area contributed by atoms with E-state index in [1.165, 1.54) is 15.0 Å². The smallest absolute Gasteiger partial charge is 0.303 e. The number of carboxylic acid groups (broad SMARTS) is 1. The molecule has 0 radical (unpaired) electrons. The highest BCUT2D eigenvalue weighted by atomic mass is 32.1. The maximum Gasteiger partial charge on any atom is 0.303 e. The first-order valence-electron chi connectivity index (χ1n) is 19.5. The van der Waals surface area contributed by atoms with Gasteiger partial charge in [0.15, 0.2) is 25.0 Å². The lowest BCUT2D eigenvalue weighted by molar-refractivity contribution is -0.137. The molecule has 0 unspecified atom stereocenters. The molecule has 1 heterocycles. The fraction of sp³-hybridized carbons (Fsp3) is 0.780. The van der Waals surface area contributed by atoms with Gasteiger partial charge in [-0.25, -0.2) is 0 Å². The quantitative estimate of drug-likeness (QED) is 0.128. The second kappa shape index (κ2) is 16.7. The Balaban J connectivity index is 2.01. The number of hydrogen-bond acceptors (Lipinski definition) is 5. The van der Waals surface area contributed by atoms with Gasteiger partial charge in [-0.2, -0.15) is 0 Å². The minimum Gasteiger partial charge on any atom is -0.481 e. The van der Waals surface area contributed by atoms with E-state index in [2.05, 4.69) is 132 Å². The van der Waals surface area contributed by atoms with Crippen LogP contribution in [0.4, 0.5) is 0 Å². The molecule has 3 rings (SSSR count). The molecule has 50 heavy (non-hydrogen) atoms. The standard InChI is InChI=1S/C41H74O5SSi3/c1-39(2,3)48(10,11)44-33(37-28-30-22-20-21-24-36(30)47-37)27-26-32-31(23-18-16-17-19-25-38(42)43)34(45-49(12,13)40(4,5)6)29-35(32)46-50(14,15)41(7,8)9/h20-22,24,28,31-35H,16-19,23,25-27,29H2,1-15H3,(H,42,43)/t31-,32-,33-,34-,35-/m1/s1. The third-order valence-electron chi connectivity index (χ3n) is 12.9. The maximum atomic E-state index is 11.2. The highest BCUT2D eigenvalue weighted by Crippen LogP contribution is 2.51. The largest absolute Gasteiger partial charge is 0.481 e. The van der Waals surface area contributed by atoms with Crippen molar-refractivity contribution in [1.29, 1.82) is 0 Å². The number of thiophene rings is 1. The van der Waals surface area contributed by atoms with Gasteiger partial charge in [0, 0.05) is 16.0 Å². The molecule has 0 amide bonds. The van der Waals surface area contributed by atoms with Gasteiger partial charge in [0.1, 0.15) is 0 Å². The average Bonchev–Trinajstić information content (AvgIpc) is 3.51. The molecule has 9 heteroatoms. The highest BCUT2D eigenvalue weighted by Gasteiger charge is 2.51. The van der Waals surface area contributed by atoms with Gasteiger partial charge in [0.25, 0.3) is 0 Å². The van der Waals surface area contributed by atoms with Gasteiger partial charge < -0.3 is 18.4 Å². The first kappa shape index (κ1) is 43.6. The van der Waals surface area contributed by atoms with Crippen molar-refractivity contribution >= 4 is 52.3 Å². The minimum atomic E-state index is -2.06. The van der Waals surface area contributed by atoms with Crippen LogP contribution in [-0.2, 0) is 18.1 Å². The minimum absolute atomic E-state index is 0.0545. The Hall–Kier alpha value is -0.819. The predicted octanol–water partition coefficient (Wildman–Crippen LogP) is 13.6. The second-order valence-electron chi connectivity index (χ2n) is 19.9. The van der Waals surface area contributed by atoms with E-state index in [4.69, 9.17) is 13.3 Å². The number of hydrogen-bond donors (Lipinski definition) is 1. The Bertz CT molecular complexity index is 1350. The molecule has 1 aromatic heterocycles. The van der Waals surface area contributed by atoms with Crippen LogP contribution in [0.3, 0.4) is 0 Å². The summed E-state index contributed by atoms with van der Waals surface area (Å²) >= 11 is 1.90. The van der Waals surface area contributed by atoms with Crippen LogP contribution in [0.1, 0.15) is 131 Å². The summed E-state index contributed by atoms with van der Waals surface area (Å²) in [5.41, 5.74) is 0. The lowest BCUT2D eigenvalue weighted by atomic mass is 9.84. The molecular weight excluding hydrogens is 689 g/mol. The lowest BCUT2D eigenvalue weighted by Crippen LogP contribution is -2.45. The van der Waals surface area contributed by atoms with E-state index in [1.54, 1.807) is 0 Å². The van der Waals surface area contributed by atoms with Gasteiger partial charge in [-0.1, -0.05) is 99.8 Å². The molecule has 286 valence electrons. The van der Waals surface area contributed by atoms with Gasteiger partial charge in [-0.15, -0.1) is 11.3 Å². The van der Waals surface area contributed by atoms with E-state index in [-0.39, 0.29) is 39.8 Å². The summed E-state index contributed by atoms with van der Waals surface area (Å²) in [6, 6.07) is 11.1. The van der Waals surface area contributed by atoms with Crippen LogP contribution in [0.2, 0.25) is 54.4 Å². The zero-order valence-corrected chi connectivity index (χ0v) is 38.4. The molecule has 1 fully saturated rings. The molecule has 0 aliphatic heterocycles. The summed E-state index contributed by atoms with van der Waals surface area (Å²) in [4.78, 5) is 12.5. The summed E-state index contributed by atoms with van der Waals surface area (Å²) in [7, 11) is -6.15. The van der Waals surface area contributed by atoms with Crippen LogP contribution < -0.4 is 0 Å². The second-order valence-corrected chi connectivity index (χ2v) is 35.3. The van der Waals surface area contributed by atoms with Gasteiger partial charge in [-0.3, -0.25) is 4.79 Å². The van der Waals surface area contributed by atoms with Crippen molar-refractivity contribution in [3.05, 3.63) is 35.2 Å². The fourth-order valence-corrected chi connectivity index (χ4v) is 11.9. The molecule has 0 spiro atoms. The van der Waals surface area contributed by atoms with Gasteiger partial charge in [0.05, 0.1) is 18.3 Å². The number of aliphatic carboxylic acids is 1. The molecule has 1 aliphatic rings. The number of benzene rings is 1. The molecule has 2 aromatic rings. The zero-order valence-electron chi connectivity index (χ0n) is 34.6. The summed E-state index contributed by atoms with van der Waals surface area (Å²) in [5.74, 6) is 0.106. The molecule has 1 aliphatic carbocycles. The predicted molar refractivity (Wildman–Crippen MR) is 223 cm³/mol. The Labute approximate surface area is 314 Å². The molecular formula is C41H74O5SSi3. The number of unbranched alkanes of at least 4 members (excludes halogenated alkanes) is 3. The summed E-state index contributed by atoms with van der Waals surface area (Å²) in [6.45, 7) is 35.5. The van der Waals surface area contributed by atoms with E-state index >= 15 is 0 Å². The van der Waals surface area contributed by atoms with Crippen LogP contribution in [0.5, 0.6) is 0 Å². The Morgan fingerprint density at radius 1 is 0.760 bits per heavy atom. The maximum absolute atomic E-state index is 11.2. The van der Waals surface area contributed by atoms with Gasteiger partial charge in [-0.05, 0) is 116 Å². The summed E-state index contributed by atoms with van der Waals surface area (Å²) in [6.07, 6.45) is 8.64. The monoisotopic (exact) mass is 762 g/mol. The molecule has 1 saturated carbocycles. The molecule has 1 N–H and O–H groups in total. The van der Waals surface area contributed by atoms with E-state index in [1.807, 2.05) is 11.3 Å². The van der Waals surface area contributed by atoms with Crippen LogP contribution in [0.15, 0.2) is 30.3 Å². The van der Waals surface area contributed by atoms with Gasteiger partial charge >= 0.3 is 5.97 Å². The van der Waals surface area contributed by atoms with Crippen LogP contribution in [-0.4, -0.2) is 48.2 Å². The van der Waals surface area contributed by atoms with E-state index in [0.717, 1.165) is 51.4 Å². The Kier molecular flexibility index (Phi) is 14.5. The first-order chi connectivity index (χ1) is 22.8. The molecule has 0 bridgehead atoms. The van der Waals surface area contributed by atoms with Crippen molar-refractivity contribution in [3.63, 3.8) is 0 Å². The third-order valence-corrected chi connectivity index (χ3v) is 27.6. The Morgan fingerprint density at radius 2 is 1.26 bits per heavy atom. The van der Waals surface area contributed by atoms with Crippen molar-refractivity contribution in [2.45, 2.75) is 193 Å². The Morgan fingerprint density at radius 3 is 1.76 bits per heavy atom. The SMILES string of the molecule is CC(C)(C)[Si](C)(C)O[C@H](CC[C@@H]1[C@@H](CCCCCCC(=O)O)[C@H](O[Si](C)(C)C(C)(C)C)C[C@H]1O[Si](C)(C)C(C)(C)C)c1cc2ccccc2s1. The van der Waals surface area contributed by atoms with Crippen molar-refractivity contribution in [1.82, 2.24) is 0 Å². The third kappa shape index (κ3) is 11.3. The lowest BCUT2D eigenvalue weighted by Gasteiger charge is -2.41. The normalized spacial score (nSPS) is 22.0. The van der Waals surface area contributed by atoms with Crippen molar-refractivity contribution in [2.75, 3.05) is 0 Å². The number of fused-ring (bicyclic) bond motifs is 1. The summed E-state index contributed by atoms with van der Waals surface area (Å²) in [5, 5.41) is 10.9. The van der Waals surface area contributed by atoms with E-state index in [0.29, 0.717) is 11.8 Å². The van der Waals surface area contributed by atoms with Crippen LogP contribution in [0, 0.1) is 11.8 Å². The van der Waals surface area contributed by atoms with E-state index in [9.17, 15) is 9.90 Å². The zero-order chi connectivity index (χ0) is 37.9. The average molecular weight is 763 g/mol. The molecule has 5 nitrogen and oxygen atoms in total. The first-order valence-corrected chi connectivity index (χ1v) is 29.0. The van der Waals surface area contributed by atoms with Crippen molar-refractivity contribution in [3.8, 4) is 0 Å². The topological polar surface area (TPSA) is 65.0 Å². The number of carboxylic acids is 1. The molecule has 5 atom stereocenters. The summed E-state index contributed by atoms with van der Waals surface area (Å²) < 4.78 is 23.5. The number of carbonyl (C=O) groups is 1.